The molecular weight excluding hydrogens is 358 g/mol. The molecule has 0 saturated carbocycles. The zero-order chi connectivity index (χ0) is 18.5. The lowest BCUT2D eigenvalue weighted by Crippen LogP contribution is -2.32. The van der Waals surface area contributed by atoms with Gasteiger partial charge in [-0.2, -0.15) is 0 Å². The summed E-state index contributed by atoms with van der Waals surface area (Å²) in [5, 5.41) is 15.7. The van der Waals surface area contributed by atoms with Crippen LogP contribution < -0.4 is 5.32 Å². The van der Waals surface area contributed by atoms with Crippen molar-refractivity contribution in [3.05, 3.63) is 71.3 Å². The molecule has 1 aliphatic rings. The van der Waals surface area contributed by atoms with Gasteiger partial charge in [-0.05, 0) is 46.4 Å². The van der Waals surface area contributed by atoms with Crippen LogP contribution in [0.3, 0.4) is 0 Å². The van der Waals surface area contributed by atoms with E-state index in [0.717, 1.165) is 24.8 Å². The van der Waals surface area contributed by atoms with E-state index < -0.39 is 0 Å². The van der Waals surface area contributed by atoms with Crippen molar-refractivity contribution < 1.29 is 4.79 Å². The van der Waals surface area contributed by atoms with Crippen molar-refractivity contribution in [1.29, 1.82) is 0 Å². The molecule has 0 spiro atoms. The number of benzene rings is 2. The summed E-state index contributed by atoms with van der Waals surface area (Å²) in [6, 6.07) is 18.5. The van der Waals surface area contributed by atoms with Crippen molar-refractivity contribution in [2.75, 3.05) is 5.75 Å². The number of aromatic nitrogens is 4. The minimum Gasteiger partial charge on any atom is -0.349 e. The first-order chi connectivity index (χ1) is 13.3. The molecule has 1 N–H and O–H groups in total. The van der Waals surface area contributed by atoms with Gasteiger partial charge in [0.15, 0.2) is 0 Å². The van der Waals surface area contributed by atoms with Gasteiger partial charge in [0.2, 0.25) is 11.1 Å². The summed E-state index contributed by atoms with van der Waals surface area (Å²) in [5.41, 5.74) is 3.71. The molecule has 6 nitrogen and oxygen atoms in total. The van der Waals surface area contributed by atoms with E-state index in [-0.39, 0.29) is 11.9 Å². The van der Waals surface area contributed by atoms with Crippen LogP contribution in [0.5, 0.6) is 0 Å². The first kappa shape index (κ1) is 17.7. The van der Waals surface area contributed by atoms with Gasteiger partial charge in [-0.15, -0.1) is 5.10 Å². The average molecular weight is 379 g/mol. The van der Waals surface area contributed by atoms with Crippen molar-refractivity contribution >= 4 is 17.7 Å². The Morgan fingerprint density at radius 3 is 2.85 bits per heavy atom. The van der Waals surface area contributed by atoms with E-state index in [1.54, 1.807) is 4.68 Å². The smallest absolute Gasteiger partial charge is 0.230 e. The second kappa shape index (κ2) is 8.35. The third-order valence-corrected chi connectivity index (χ3v) is 5.67. The van der Waals surface area contributed by atoms with Crippen LogP contribution in [0.25, 0.3) is 0 Å². The normalized spacial score (nSPS) is 15.9. The number of fused-ring (bicyclic) bond motifs is 1. The van der Waals surface area contributed by atoms with Gasteiger partial charge < -0.3 is 5.32 Å². The van der Waals surface area contributed by atoms with Gasteiger partial charge in [0.25, 0.3) is 0 Å². The molecule has 138 valence electrons. The summed E-state index contributed by atoms with van der Waals surface area (Å²) in [5.74, 6) is 0.310. The molecule has 2 aromatic carbocycles. The number of carbonyl (C=O) groups is 1. The number of hydrogen-bond donors (Lipinski definition) is 1. The third-order valence-electron chi connectivity index (χ3n) is 4.71. The Kier molecular flexibility index (Phi) is 5.48. The highest BCUT2D eigenvalue weighted by atomic mass is 32.2. The van der Waals surface area contributed by atoms with Crippen LogP contribution >= 0.6 is 11.8 Å². The number of amides is 1. The Morgan fingerprint density at radius 1 is 1.15 bits per heavy atom. The van der Waals surface area contributed by atoms with Crippen LogP contribution in [0, 0.1) is 0 Å². The molecule has 0 fully saturated rings. The van der Waals surface area contributed by atoms with Gasteiger partial charge in [-0.3, -0.25) is 4.79 Å². The zero-order valence-corrected chi connectivity index (χ0v) is 15.7. The predicted octanol–water partition coefficient (Wildman–Crippen LogP) is 3.01. The number of tetrazole rings is 1. The molecule has 3 aromatic rings. The highest BCUT2D eigenvalue weighted by Gasteiger charge is 2.21. The lowest BCUT2D eigenvalue weighted by atomic mass is 9.88. The molecule has 1 aromatic heterocycles. The van der Waals surface area contributed by atoms with Crippen LogP contribution in [0.2, 0.25) is 0 Å². The van der Waals surface area contributed by atoms with Crippen LogP contribution in [-0.2, 0) is 17.8 Å². The van der Waals surface area contributed by atoms with E-state index in [2.05, 4.69) is 39.0 Å². The minimum atomic E-state index is 0.0102. The van der Waals surface area contributed by atoms with Gasteiger partial charge in [0.1, 0.15) is 0 Å². The summed E-state index contributed by atoms with van der Waals surface area (Å²) in [7, 11) is 0. The number of rotatable bonds is 6. The molecule has 0 aliphatic heterocycles. The van der Waals surface area contributed by atoms with E-state index in [0.29, 0.717) is 17.5 Å². The molecule has 0 unspecified atom stereocenters. The van der Waals surface area contributed by atoms with E-state index in [4.69, 9.17) is 0 Å². The minimum absolute atomic E-state index is 0.0102. The molecule has 4 rings (SSSR count). The second-order valence-electron chi connectivity index (χ2n) is 6.60. The zero-order valence-electron chi connectivity index (χ0n) is 14.9. The van der Waals surface area contributed by atoms with Crippen molar-refractivity contribution in [3.8, 4) is 0 Å². The highest BCUT2D eigenvalue weighted by Crippen LogP contribution is 2.29. The molecule has 1 atom stereocenters. The molecular formula is C20H21N5OS. The number of aryl methyl sites for hydroxylation is 1. The Bertz CT molecular complexity index is 912. The maximum absolute atomic E-state index is 12.5. The fraction of sp³-hybridized carbons (Fsp3) is 0.300. The molecule has 0 radical (unpaired) electrons. The van der Waals surface area contributed by atoms with Gasteiger partial charge in [-0.1, -0.05) is 66.4 Å². The van der Waals surface area contributed by atoms with Crippen molar-refractivity contribution in [2.45, 2.75) is 37.0 Å². The maximum atomic E-state index is 12.5. The molecule has 0 bridgehead atoms. The van der Waals surface area contributed by atoms with Crippen LogP contribution in [0.1, 0.15) is 35.6 Å². The number of nitrogens with one attached hydrogen (secondary N) is 1. The fourth-order valence-corrected chi connectivity index (χ4v) is 4.11. The van der Waals surface area contributed by atoms with E-state index in [1.165, 1.54) is 22.9 Å². The van der Waals surface area contributed by atoms with E-state index in [9.17, 15) is 4.79 Å². The first-order valence-corrected chi connectivity index (χ1v) is 10.1. The molecule has 0 saturated heterocycles. The Morgan fingerprint density at radius 2 is 1.96 bits per heavy atom. The largest absolute Gasteiger partial charge is 0.349 e. The van der Waals surface area contributed by atoms with Crippen molar-refractivity contribution in [3.63, 3.8) is 0 Å². The number of hydrogen-bond acceptors (Lipinski definition) is 5. The lowest BCUT2D eigenvalue weighted by Gasteiger charge is -2.26. The summed E-state index contributed by atoms with van der Waals surface area (Å²) >= 11 is 1.37. The Labute approximate surface area is 162 Å². The fourth-order valence-electron chi connectivity index (χ4n) is 3.43. The van der Waals surface area contributed by atoms with Crippen molar-refractivity contribution in [1.82, 2.24) is 25.5 Å². The monoisotopic (exact) mass is 379 g/mol. The number of nitrogens with zero attached hydrogens (tertiary/aromatic N) is 4. The van der Waals surface area contributed by atoms with Crippen LogP contribution in [0.15, 0.2) is 59.8 Å². The third kappa shape index (κ3) is 4.36. The Hall–Kier alpha value is -2.67. The standard InChI is InChI=1S/C20H21N5OS/c26-19(21-18-12-6-10-16-9-4-5-11-17(16)18)14-27-20-22-23-24-25(20)13-15-7-2-1-3-8-15/h1-5,7-9,11,18H,6,10,12-14H2,(H,21,26)/t18-/m0/s1. The van der Waals surface area contributed by atoms with Gasteiger partial charge in [0, 0.05) is 0 Å². The number of carbonyl (C=O) groups excluding carboxylic acids is 1. The van der Waals surface area contributed by atoms with Crippen LogP contribution in [-0.4, -0.2) is 31.9 Å². The van der Waals surface area contributed by atoms with Gasteiger partial charge >= 0.3 is 0 Å². The summed E-state index contributed by atoms with van der Waals surface area (Å²) in [6.07, 6.45) is 3.18. The molecule has 1 aliphatic carbocycles. The predicted molar refractivity (Wildman–Crippen MR) is 104 cm³/mol. The number of thioether (sulfide) groups is 1. The first-order valence-electron chi connectivity index (χ1n) is 9.09. The highest BCUT2D eigenvalue weighted by molar-refractivity contribution is 7.99. The Balaban J connectivity index is 1.35. The topological polar surface area (TPSA) is 72.7 Å². The summed E-state index contributed by atoms with van der Waals surface area (Å²) in [4.78, 5) is 12.5. The SMILES string of the molecule is O=C(CSc1nnnn1Cc1ccccc1)N[C@H]1CCCc2ccccc21. The maximum Gasteiger partial charge on any atom is 0.230 e. The quantitative estimate of drug-likeness (QED) is 0.667. The van der Waals surface area contributed by atoms with Crippen molar-refractivity contribution in [2.24, 2.45) is 0 Å². The van der Waals surface area contributed by atoms with E-state index >= 15 is 0 Å². The molecule has 1 heterocycles. The molecule has 7 heteroatoms. The lowest BCUT2D eigenvalue weighted by molar-refractivity contribution is -0.119. The summed E-state index contributed by atoms with van der Waals surface area (Å²) < 4.78 is 1.73. The second-order valence-corrected chi connectivity index (χ2v) is 7.55. The van der Waals surface area contributed by atoms with Crippen LogP contribution in [0.4, 0.5) is 0 Å². The van der Waals surface area contributed by atoms with E-state index in [1.807, 2.05) is 36.4 Å². The molecule has 1 amide bonds. The van der Waals surface area contributed by atoms with Gasteiger partial charge in [0.05, 0.1) is 18.3 Å². The molecule has 27 heavy (non-hydrogen) atoms. The summed E-state index contributed by atoms with van der Waals surface area (Å²) in [6.45, 7) is 0.591. The average Bonchev–Trinajstić information content (AvgIpc) is 3.14. The van der Waals surface area contributed by atoms with Gasteiger partial charge in [-0.25, -0.2) is 4.68 Å².